The highest BCUT2D eigenvalue weighted by Crippen LogP contribution is 2.26. The molecule has 0 radical (unpaired) electrons. The minimum absolute atomic E-state index is 0.0986. The second-order valence-corrected chi connectivity index (χ2v) is 4.86. The van der Waals surface area contributed by atoms with Crippen molar-refractivity contribution in [2.75, 3.05) is 5.43 Å². The summed E-state index contributed by atoms with van der Waals surface area (Å²) in [6.07, 6.45) is 1.45. The van der Waals surface area contributed by atoms with Gasteiger partial charge in [0, 0.05) is 4.47 Å². The molecule has 3 rings (SSSR count). The number of fused-ring (bicyclic) bond motifs is 1. The molecule has 1 aromatic heterocycles. The summed E-state index contributed by atoms with van der Waals surface area (Å²) in [5.74, 6) is 0.134. The Morgan fingerprint density at radius 2 is 2.20 bits per heavy atom. The van der Waals surface area contributed by atoms with Crippen molar-refractivity contribution in [2.45, 2.75) is 0 Å². The molecule has 0 aliphatic rings. The van der Waals surface area contributed by atoms with E-state index in [0.717, 1.165) is 15.2 Å². The second kappa shape index (κ2) is 5.25. The van der Waals surface area contributed by atoms with Crippen molar-refractivity contribution >= 4 is 38.9 Å². The molecule has 0 unspecified atom stereocenters. The van der Waals surface area contributed by atoms with Gasteiger partial charge in [-0.15, -0.1) is 5.10 Å². The number of aromatic nitrogens is 4. The first-order valence-corrected chi connectivity index (χ1v) is 6.45. The van der Waals surface area contributed by atoms with Crippen molar-refractivity contribution in [1.82, 2.24) is 20.6 Å². The van der Waals surface area contributed by atoms with Gasteiger partial charge in [0.2, 0.25) is 0 Å². The Kier molecular flexibility index (Phi) is 3.30. The van der Waals surface area contributed by atoms with Crippen molar-refractivity contribution in [1.29, 1.82) is 0 Å². The van der Waals surface area contributed by atoms with Crippen LogP contribution in [0.15, 0.2) is 39.9 Å². The number of nitrogens with one attached hydrogen (secondary N) is 2. The van der Waals surface area contributed by atoms with E-state index in [1.807, 2.05) is 18.2 Å². The molecule has 0 saturated heterocycles. The fourth-order valence-corrected chi connectivity index (χ4v) is 2.18. The summed E-state index contributed by atoms with van der Waals surface area (Å²) in [6, 6.07) is 9.00. The minimum atomic E-state index is -0.0986. The van der Waals surface area contributed by atoms with Crippen LogP contribution < -0.4 is 10.5 Å². The number of halogens is 1. The van der Waals surface area contributed by atoms with Gasteiger partial charge in [-0.05, 0) is 33.7 Å². The molecule has 100 valence electrons. The van der Waals surface area contributed by atoms with Crippen molar-refractivity contribution in [3.63, 3.8) is 0 Å². The monoisotopic (exact) mass is 331 g/mol. The first-order valence-electron chi connectivity index (χ1n) is 5.66. The first-order chi connectivity index (χ1) is 9.74. The molecule has 20 heavy (non-hydrogen) atoms. The third kappa shape index (κ3) is 2.45. The molecule has 2 aromatic carbocycles. The summed E-state index contributed by atoms with van der Waals surface area (Å²) in [5, 5.41) is 30.7. The predicted molar refractivity (Wildman–Crippen MR) is 76.5 cm³/mol. The maximum Gasteiger partial charge on any atom is 0.283 e. The lowest BCUT2D eigenvalue weighted by Gasteiger charge is -2.13. The molecular weight excluding hydrogens is 324 g/mol. The molecule has 8 heteroatoms. The topological polar surface area (TPSA) is 102 Å². The van der Waals surface area contributed by atoms with Gasteiger partial charge in [-0.1, -0.05) is 45.0 Å². The Labute approximate surface area is 121 Å². The second-order valence-electron chi connectivity index (χ2n) is 3.95. The van der Waals surface area contributed by atoms with E-state index in [4.69, 9.17) is 0 Å². The number of rotatable bonds is 3. The maximum absolute atomic E-state index is 11.9. The highest BCUT2D eigenvalue weighted by atomic mass is 79.9. The van der Waals surface area contributed by atoms with Crippen LogP contribution in [0.2, 0.25) is 0 Å². The van der Waals surface area contributed by atoms with Crippen LogP contribution in [0, 0.1) is 0 Å². The van der Waals surface area contributed by atoms with Gasteiger partial charge >= 0.3 is 0 Å². The van der Waals surface area contributed by atoms with Crippen molar-refractivity contribution < 1.29 is 5.11 Å². The third-order valence-electron chi connectivity index (χ3n) is 2.69. The van der Waals surface area contributed by atoms with Gasteiger partial charge in [0.1, 0.15) is 0 Å². The van der Waals surface area contributed by atoms with E-state index >= 15 is 0 Å². The average Bonchev–Trinajstić information content (AvgIpc) is 2.94. The zero-order valence-electron chi connectivity index (χ0n) is 10.0. The Hall–Kier alpha value is -2.48. The fraction of sp³-hybridized carbons (Fsp3) is 0. The number of benzene rings is 2. The van der Waals surface area contributed by atoms with Crippen LogP contribution in [-0.2, 0) is 0 Å². The number of hydrogen-bond donors (Lipinski definition) is 2. The average molecular weight is 332 g/mol. The Morgan fingerprint density at radius 1 is 1.30 bits per heavy atom. The quantitative estimate of drug-likeness (QED) is 0.561. The highest BCUT2D eigenvalue weighted by molar-refractivity contribution is 9.10. The van der Waals surface area contributed by atoms with Crippen LogP contribution in [0.3, 0.4) is 0 Å². The van der Waals surface area contributed by atoms with E-state index in [1.165, 1.54) is 12.3 Å². The molecule has 0 aliphatic carbocycles. The Balaban J connectivity index is 1.97. The van der Waals surface area contributed by atoms with Crippen molar-refractivity contribution in [2.24, 2.45) is 5.10 Å². The molecular formula is C12H8BrN6O-. The summed E-state index contributed by atoms with van der Waals surface area (Å²) in [4.78, 5) is 0. The molecule has 0 fully saturated rings. The van der Waals surface area contributed by atoms with Gasteiger partial charge in [0.05, 0.1) is 6.21 Å². The normalized spacial score (nSPS) is 11.2. The van der Waals surface area contributed by atoms with Crippen molar-refractivity contribution in [3.8, 4) is 5.75 Å². The van der Waals surface area contributed by atoms with Crippen LogP contribution in [0.25, 0.3) is 10.8 Å². The minimum Gasteiger partial charge on any atom is -0.872 e. The van der Waals surface area contributed by atoms with E-state index in [2.05, 4.69) is 47.1 Å². The molecule has 0 amide bonds. The van der Waals surface area contributed by atoms with Crippen LogP contribution in [0.4, 0.5) is 5.95 Å². The largest absolute Gasteiger partial charge is 0.872 e. The Bertz CT molecular complexity index is 771. The van der Waals surface area contributed by atoms with Crippen molar-refractivity contribution in [3.05, 3.63) is 40.4 Å². The number of tetrazole rings is 1. The van der Waals surface area contributed by atoms with Crippen LogP contribution in [0.1, 0.15) is 5.56 Å². The summed E-state index contributed by atoms with van der Waals surface area (Å²) >= 11 is 3.40. The summed E-state index contributed by atoms with van der Waals surface area (Å²) < 4.78 is 0.955. The zero-order valence-corrected chi connectivity index (χ0v) is 11.6. The van der Waals surface area contributed by atoms with E-state index in [-0.39, 0.29) is 11.7 Å². The van der Waals surface area contributed by atoms with Gasteiger partial charge in [-0.2, -0.15) is 10.3 Å². The standard InChI is InChI=1S/C12H9BrN6O/c13-8-2-3-9-7(5-8)1-4-11(20)10(9)6-14-15-12-16-18-19-17-12/h1-6,20H,(H2,15,16,17,18,19)/p-1/b14-6-. The number of hydrogen-bond acceptors (Lipinski definition) is 6. The SMILES string of the molecule is [O-]c1ccc2cc(Br)ccc2c1/C=N\Nc1nn[nH]n1. The smallest absolute Gasteiger partial charge is 0.283 e. The summed E-state index contributed by atoms with van der Waals surface area (Å²) in [6.45, 7) is 0. The number of nitrogens with zero attached hydrogens (tertiary/aromatic N) is 4. The molecule has 3 aromatic rings. The van der Waals surface area contributed by atoms with Crippen LogP contribution in [-0.4, -0.2) is 26.8 Å². The number of anilines is 1. The van der Waals surface area contributed by atoms with Gasteiger partial charge < -0.3 is 5.11 Å². The van der Waals surface area contributed by atoms with Crippen LogP contribution >= 0.6 is 15.9 Å². The number of H-pyrrole nitrogens is 1. The number of hydrazone groups is 1. The first kappa shape index (κ1) is 12.5. The molecule has 0 aliphatic heterocycles. The molecule has 1 heterocycles. The van der Waals surface area contributed by atoms with Gasteiger partial charge in [0.25, 0.3) is 5.95 Å². The third-order valence-corrected chi connectivity index (χ3v) is 3.18. The number of aromatic amines is 1. The van der Waals surface area contributed by atoms with E-state index < -0.39 is 0 Å². The summed E-state index contributed by atoms with van der Waals surface area (Å²) in [5.41, 5.74) is 3.09. The van der Waals surface area contributed by atoms with Gasteiger partial charge in [0.15, 0.2) is 0 Å². The molecule has 0 saturated carbocycles. The van der Waals surface area contributed by atoms with Crippen LogP contribution in [0.5, 0.6) is 5.75 Å². The van der Waals surface area contributed by atoms with E-state index in [0.29, 0.717) is 5.56 Å². The molecule has 0 spiro atoms. The van der Waals surface area contributed by atoms with E-state index in [9.17, 15) is 5.11 Å². The zero-order chi connectivity index (χ0) is 13.9. The summed E-state index contributed by atoms with van der Waals surface area (Å²) in [7, 11) is 0. The molecule has 0 atom stereocenters. The Morgan fingerprint density at radius 3 is 3.00 bits per heavy atom. The molecule has 0 bridgehead atoms. The lowest BCUT2D eigenvalue weighted by Crippen LogP contribution is -1.99. The van der Waals surface area contributed by atoms with E-state index in [1.54, 1.807) is 6.07 Å². The molecule has 7 nitrogen and oxygen atoms in total. The molecule has 2 N–H and O–H groups in total. The predicted octanol–water partition coefficient (Wildman–Crippen LogP) is 1.63. The maximum atomic E-state index is 11.9. The lowest BCUT2D eigenvalue weighted by molar-refractivity contribution is -0.268. The van der Waals surface area contributed by atoms with Gasteiger partial charge in [-0.25, -0.2) is 5.43 Å². The highest BCUT2D eigenvalue weighted by Gasteiger charge is 2.01. The lowest BCUT2D eigenvalue weighted by atomic mass is 10.0. The fourth-order valence-electron chi connectivity index (χ4n) is 1.80. The van der Waals surface area contributed by atoms with Gasteiger partial charge in [-0.3, -0.25) is 0 Å².